The van der Waals surface area contributed by atoms with Crippen LogP contribution in [0.1, 0.15) is 32.8 Å². The molecule has 2 unspecified atom stereocenters. The molecule has 0 radical (unpaired) electrons. The largest absolute Gasteiger partial charge is 0.377 e. The van der Waals surface area contributed by atoms with Crippen LogP contribution in [0.25, 0.3) is 0 Å². The fraction of sp³-hybridized carbons (Fsp3) is 0.600. The molecule has 0 fully saturated rings. The van der Waals surface area contributed by atoms with E-state index in [-0.39, 0.29) is 18.0 Å². The Morgan fingerprint density at radius 3 is 2.53 bits per heavy atom. The van der Waals surface area contributed by atoms with Crippen LogP contribution < -0.4 is 5.32 Å². The summed E-state index contributed by atoms with van der Waals surface area (Å²) in [6.07, 6.45) is 1.87. The minimum atomic E-state index is -0.205. The van der Waals surface area contributed by atoms with Crippen molar-refractivity contribution in [3.63, 3.8) is 0 Å². The van der Waals surface area contributed by atoms with Gasteiger partial charge in [0.15, 0.2) is 0 Å². The Balaban J connectivity index is 2.81. The van der Waals surface area contributed by atoms with Gasteiger partial charge in [0.2, 0.25) is 0 Å². The average Bonchev–Trinajstić information content (AvgIpc) is 2.34. The lowest BCUT2D eigenvalue weighted by molar-refractivity contribution is 0.0323. The molecule has 0 aliphatic heterocycles. The quantitative estimate of drug-likeness (QED) is 0.779. The molecule has 2 nitrogen and oxygen atoms in total. The molecule has 0 saturated carbocycles. The van der Waals surface area contributed by atoms with E-state index in [1.54, 1.807) is 6.07 Å². The van der Waals surface area contributed by atoms with Gasteiger partial charge in [0.05, 0.1) is 6.10 Å². The first-order valence-corrected chi connectivity index (χ1v) is 7.69. The van der Waals surface area contributed by atoms with Gasteiger partial charge in [-0.1, -0.05) is 29.8 Å². The molecule has 2 atom stereocenters. The van der Waals surface area contributed by atoms with Crippen molar-refractivity contribution in [2.75, 3.05) is 13.2 Å². The molecule has 0 spiro atoms. The van der Waals surface area contributed by atoms with Crippen LogP contribution in [0.4, 0.5) is 4.39 Å². The van der Waals surface area contributed by atoms with Gasteiger partial charge in [0.1, 0.15) is 5.82 Å². The van der Waals surface area contributed by atoms with Crippen LogP contribution >= 0.6 is 15.9 Å². The van der Waals surface area contributed by atoms with Crippen LogP contribution in [0.15, 0.2) is 22.7 Å². The summed E-state index contributed by atoms with van der Waals surface area (Å²) in [7, 11) is 0. The zero-order valence-electron chi connectivity index (χ0n) is 11.9. The molecule has 1 aromatic carbocycles. The van der Waals surface area contributed by atoms with Crippen LogP contribution in [-0.4, -0.2) is 25.3 Å². The lowest BCUT2D eigenvalue weighted by Gasteiger charge is -2.27. The van der Waals surface area contributed by atoms with Gasteiger partial charge in [0, 0.05) is 17.1 Å². The van der Waals surface area contributed by atoms with Gasteiger partial charge in [-0.2, -0.15) is 0 Å². The van der Waals surface area contributed by atoms with Crippen LogP contribution in [-0.2, 0) is 11.2 Å². The molecule has 0 aromatic heterocycles. The van der Waals surface area contributed by atoms with E-state index in [0.717, 1.165) is 29.4 Å². The van der Waals surface area contributed by atoms with Gasteiger partial charge >= 0.3 is 0 Å². The minimum absolute atomic E-state index is 0.159. The Labute approximate surface area is 123 Å². The lowest BCUT2D eigenvalue weighted by atomic mass is 9.99. The second-order valence-corrected chi connectivity index (χ2v) is 5.46. The normalized spacial score (nSPS) is 14.4. The van der Waals surface area contributed by atoms with E-state index in [1.165, 1.54) is 6.07 Å². The van der Waals surface area contributed by atoms with Gasteiger partial charge in [-0.25, -0.2) is 4.39 Å². The van der Waals surface area contributed by atoms with Gasteiger partial charge in [0.25, 0.3) is 0 Å². The fourth-order valence-electron chi connectivity index (χ4n) is 2.31. The summed E-state index contributed by atoms with van der Waals surface area (Å²) in [6, 6.07) is 5.24. The molecule has 108 valence electrons. The highest BCUT2D eigenvalue weighted by atomic mass is 79.9. The number of likely N-dealkylation sites (N-methyl/N-ethyl adjacent to an activating group) is 1. The van der Waals surface area contributed by atoms with E-state index < -0.39 is 0 Å². The van der Waals surface area contributed by atoms with E-state index in [9.17, 15) is 4.39 Å². The third-order valence-corrected chi connectivity index (χ3v) is 3.53. The van der Waals surface area contributed by atoms with Crippen molar-refractivity contribution in [1.29, 1.82) is 0 Å². The fourth-order valence-corrected chi connectivity index (χ4v) is 2.83. The third-order valence-electron chi connectivity index (χ3n) is 3.08. The molecule has 0 bridgehead atoms. The first-order chi connectivity index (χ1) is 9.10. The molecule has 0 aliphatic carbocycles. The Morgan fingerprint density at radius 2 is 2.00 bits per heavy atom. The number of hydrogen-bond donors (Lipinski definition) is 1. The van der Waals surface area contributed by atoms with Gasteiger partial charge < -0.3 is 10.1 Å². The highest BCUT2D eigenvalue weighted by molar-refractivity contribution is 9.10. The highest BCUT2D eigenvalue weighted by Crippen LogP contribution is 2.18. The summed E-state index contributed by atoms with van der Waals surface area (Å²) < 4.78 is 20.0. The first kappa shape index (κ1) is 16.6. The molecule has 0 aliphatic rings. The topological polar surface area (TPSA) is 21.3 Å². The summed E-state index contributed by atoms with van der Waals surface area (Å²) in [5.41, 5.74) is 0.982. The standard InChI is InChI=1S/C15H23BrFNO/c1-4-15(19-6-3)14(18-5-2)9-11-7-12(16)10-13(17)8-11/h7-8,10,14-15,18H,4-6,9H2,1-3H3. The zero-order valence-corrected chi connectivity index (χ0v) is 13.5. The van der Waals surface area contributed by atoms with Crippen LogP contribution in [0.2, 0.25) is 0 Å². The van der Waals surface area contributed by atoms with Crippen molar-refractivity contribution < 1.29 is 9.13 Å². The number of ether oxygens (including phenoxy) is 1. The van der Waals surface area contributed by atoms with E-state index in [4.69, 9.17) is 4.74 Å². The first-order valence-electron chi connectivity index (χ1n) is 6.90. The Kier molecular flexibility index (Phi) is 7.57. The third kappa shape index (κ3) is 5.59. The van der Waals surface area contributed by atoms with Crippen molar-refractivity contribution in [2.24, 2.45) is 0 Å². The number of halogens is 2. The van der Waals surface area contributed by atoms with Crippen LogP contribution in [0.3, 0.4) is 0 Å². The maximum absolute atomic E-state index is 13.4. The zero-order chi connectivity index (χ0) is 14.3. The Hall–Kier alpha value is -0.450. The second-order valence-electron chi connectivity index (χ2n) is 4.55. The van der Waals surface area contributed by atoms with Crippen LogP contribution in [0.5, 0.6) is 0 Å². The van der Waals surface area contributed by atoms with Crippen molar-refractivity contribution in [3.05, 3.63) is 34.1 Å². The van der Waals surface area contributed by atoms with Crippen LogP contribution in [0, 0.1) is 5.82 Å². The summed E-state index contributed by atoms with van der Waals surface area (Å²) in [5, 5.41) is 3.44. The summed E-state index contributed by atoms with van der Waals surface area (Å²) in [6.45, 7) is 7.78. The predicted molar refractivity (Wildman–Crippen MR) is 81.0 cm³/mol. The molecule has 1 rings (SSSR count). The Bertz CT molecular complexity index is 366. The van der Waals surface area contributed by atoms with Crippen molar-refractivity contribution in [2.45, 2.75) is 45.8 Å². The number of rotatable bonds is 8. The SMILES string of the molecule is CCNC(Cc1cc(F)cc(Br)c1)C(CC)OCC. The number of hydrogen-bond acceptors (Lipinski definition) is 2. The summed E-state index contributed by atoms with van der Waals surface area (Å²) in [4.78, 5) is 0. The van der Waals surface area contributed by atoms with E-state index in [2.05, 4.69) is 35.1 Å². The van der Waals surface area contributed by atoms with E-state index in [1.807, 2.05) is 13.0 Å². The smallest absolute Gasteiger partial charge is 0.124 e. The molecule has 19 heavy (non-hydrogen) atoms. The molecule has 0 amide bonds. The van der Waals surface area contributed by atoms with Gasteiger partial charge in [-0.3, -0.25) is 0 Å². The average molecular weight is 332 g/mol. The molecule has 0 saturated heterocycles. The van der Waals surface area contributed by atoms with Crippen molar-refractivity contribution in [3.8, 4) is 0 Å². The maximum Gasteiger partial charge on any atom is 0.124 e. The van der Waals surface area contributed by atoms with Gasteiger partial charge in [-0.15, -0.1) is 0 Å². The molecular weight excluding hydrogens is 309 g/mol. The van der Waals surface area contributed by atoms with Crippen molar-refractivity contribution in [1.82, 2.24) is 5.32 Å². The van der Waals surface area contributed by atoms with E-state index >= 15 is 0 Å². The second kappa shape index (κ2) is 8.67. The molecular formula is C15H23BrFNO. The van der Waals surface area contributed by atoms with Gasteiger partial charge in [-0.05, 0) is 50.1 Å². The Morgan fingerprint density at radius 1 is 1.26 bits per heavy atom. The maximum atomic E-state index is 13.4. The van der Waals surface area contributed by atoms with Crippen molar-refractivity contribution >= 4 is 15.9 Å². The number of nitrogens with one attached hydrogen (secondary N) is 1. The van der Waals surface area contributed by atoms with E-state index in [0.29, 0.717) is 6.61 Å². The summed E-state index contributed by atoms with van der Waals surface area (Å²) in [5.74, 6) is -0.205. The number of benzene rings is 1. The monoisotopic (exact) mass is 331 g/mol. The molecule has 4 heteroatoms. The minimum Gasteiger partial charge on any atom is -0.377 e. The molecule has 1 aromatic rings. The molecule has 0 heterocycles. The predicted octanol–water partition coefficient (Wildman–Crippen LogP) is 3.92. The highest BCUT2D eigenvalue weighted by Gasteiger charge is 2.20. The lowest BCUT2D eigenvalue weighted by Crippen LogP contribution is -2.42. The molecule has 1 N–H and O–H groups in total. The summed E-state index contributed by atoms with van der Waals surface area (Å²) >= 11 is 3.34.